The van der Waals surface area contributed by atoms with E-state index in [4.69, 9.17) is 23.2 Å². The lowest BCUT2D eigenvalue weighted by atomic mass is 9.85. The Labute approximate surface area is 131 Å². The van der Waals surface area contributed by atoms with E-state index in [1.165, 1.54) is 22.3 Å². The number of aryl methyl sites for hydroxylation is 2. The van der Waals surface area contributed by atoms with Crippen LogP contribution >= 0.6 is 23.2 Å². The lowest BCUT2D eigenvalue weighted by molar-refractivity contribution is 0.844. The molecule has 0 nitrogen and oxygen atoms in total. The van der Waals surface area contributed by atoms with Crippen LogP contribution in [0.4, 0.5) is 0 Å². The average Bonchev–Trinajstić information content (AvgIpc) is 2.48. The molecular weight excluding hydrogens is 287 g/mol. The smallest absolute Gasteiger partial charge is 0.104 e. The molecule has 0 saturated heterocycles. The Kier molecular flexibility index (Phi) is 5.51. The molecule has 0 spiro atoms. The van der Waals surface area contributed by atoms with Crippen molar-refractivity contribution in [3.63, 3.8) is 0 Å². The van der Waals surface area contributed by atoms with Crippen LogP contribution < -0.4 is 0 Å². The number of benzene rings is 2. The van der Waals surface area contributed by atoms with Crippen molar-refractivity contribution in [3.8, 4) is 0 Å². The van der Waals surface area contributed by atoms with Crippen LogP contribution in [-0.2, 0) is 12.8 Å². The van der Waals surface area contributed by atoms with E-state index in [1.54, 1.807) is 0 Å². The maximum atomic E-state index is 6.34. The zero-order chi connectivity index (χ0) is 14.5. The molecule has 0 aromatic heterocycles. The molecule has 0 atom stereocenters. The molecule has 20 heavy (non-hydrogen) atoms. The maximum Gasteiger partial charge on any atom is 0.118 e. The van der Waals surface area contributed by atoms with Gasteiger partial charge in [-0.25, -0.2) is 0 Å². The van der Waals surface area contributed by atoms with E-state index >= 15 is 0 Å². The zero-order valence-electron chi connectivity index (χ0n) is 11.9. The highest BCUT2D eigenvalue weighted by Crippen LogP contribution is 2.37. The zero-order valence-corrected chi connectivity index (χ0v) is 13.5. The van der Waals surface area contributed by atoms with E-state index in [-0.39, 0.29) is 5.92 Å². The van der Waals surface area contributed by atoms with Gasteiger partial charge in [-0.05, 0) is 35.1 Å². The third-order valence-corrected chi connectivity index (χ3v) is 4.30. The normalized spacial score (nSPS) is 11.3. The molecule has 0 heterocycles. The van der Waals surface area contributed by atoms with Gasteiger partial charge in [-0.3, -0.25) is 0 Å². The predicted molar refractivity (Wildman–Crippen MR) is 89.0 cm³/mol. The van der Waals surface area contributed by atoms with Gasteiger partial charge in [0.15, 0.2) is 0 Å². The van der Waals surface area contributed by atoms with Gasteiger partial charge in [-0.2, -0.15) is 0 Å². The molecule has 106 valence electrons. The topological polar surface area (TPSA) is 0 Å². The molecule has 2 aromatic carbocycles. The molecule has 2 rings (SSSR count). The molecular formula is C18H20Cl2. The summed E-state index contributed by atoms with van der Waals surface area (Å²) in [5.74, 6) is 0.0330. The van der Waals surface area contributed by atoms with Crippen molar-refractivity contribution in [2.24, 2.45) is 0 Å². The number of rotatable bonds is 5. The summed E-state index contributed by atoms with van der Waals surface area (Å²) in [5.41, 5.74) is 5.11. The van der Waals surface area contributed by atoms with Crippen molar-refractivity contribution >= 4 is 23.2 Å². The van der Waals surface area contributed by atoms with E-state index < -0.39 is 4.84 Å². The van der Waals surface area contributed by atoms with E-state index in [1.807, 2.05) is 0 Å². The predicted octanol–water partition coefficient (Wildman–Crippen LogP) is 5.75. The van der Waals surface area contributed by atoms with E-state index in [2.05, 4.69) is 62.4 Å². The van der Waals surface area contributed by atoms with Crippen molar-refractivity contribution in [2.75, 3.05) is 0 Å². The number of hydrogen-bond acceptors (Lipinski definition) is 0. The fourth-order valence-electron chi connectivity index (χ4n) is 2.76. The summed E-state index contributed by atoms with van der Waals surface area (Å²) in [6.07, 6.45) is 1.98. The molecule has 0 bridgehead atoms. The standard InChI is InChI=1S/C18H20Cl2/c1-3-13-9-5-7-11-15(13)17(18(19)20)16-12-8-6-10-14(16)4-2/h5-12,17-18H,3-4H2,1-2H3. The van der Waals surface area contributed by atoms with Crippen molar-refractivity contribution in [1.29, 1.82) is 0 Å². The molecule has 0 amide bonds. The Bertz CT molecular complexity index is 513. The quantitative estimate of drug-likeness (QED) is 0.617. The Hall–Kier alpha value is -0.980. The van der Waals surface area contributed by atoms with Crippen LogP contribution in [-0.4, -0.2) is 4.84 Å². The summed E-state index contributed by atoms with van der Waals surface area (Å²) in [6.45, 7) is 4.33. The summed E-state index contributed by atoms with van der Waals surface area (Å²) in [5, 5.41) is 0. The molecule has 0 saturated carbocycles. The van der Waals surface area contributed by atoms with Crippen molar-refractivity contribution in [3.05, 3.63) is 70.8 Å². The van der Waals surface area contributed by atoms with Gasteiger partial charge < -0.3 is 0 Å². The largest absolute Gasteiger partial charge is 0.118 e. The first kappa shape index (κ1) is 15.4. The highest BCUT2D eigenvalue weighted by atomic mass is 35.5. The van der Waals surface area contributed by atoms with Crippen LogP contribution in [0.2, 0.25) is 0 Å². The van der Waals surface area contributed by atoms with Crippen molar-refractivity contribution in [1.82, 2.24) is 0 Å². The summed E-state index contributed by atoms with van der Waals surface area (Å²) >= 11 is 12.7. The van der Waals surface area contributed by atoms with Crippen molar-refractivity contribution in [2.45, 2.75) is 37.4 Å². The Morgan fingerprint density at radius 2 is 1.15 bits per heavy atom. The van der Waals surface area contributed by atoms with Crippen LogP contribution in [0.15, 0.2) is 48.5 Å². The monoisotopic (exact) mass is 306 g/mol. The second-order valence-electron chi connectivity index (χ2n) is 4.92. The molecule has 2 heteroatoms. The average molecular weight is 307 g/mol. The highest BCUT2D eigenvalue weighted by Gasteiger charge is 2.25. The lowest BCUT2D eigenvalue weighted by Gasteiger charge is -2.24. The third kappa shape index (κ3) is 3.19. The fraction of sp³-hybridized carbons (Fsp3) is 0.333. The second-order valence-corrected chi connectivity index (χ2v) is 6.08. The lowest BCUT2D eigenvalue weighted by Crippen LogP contribution is -2.13. The molecule has 0 aliphatic rings. The Morgan fingerprint density at radius 3 is 1.50 bits per heavy atom. The van der Waals surface area contributed by atoms with Gasteiger partial charge in [0, 0.05) is 5.92 Å². The van der Waals surface area contributed by atoms with Crippen LogP contribution in [0.1, 0.15) is 42.0 Å². The van der Waals surface area contributed by atoms with Gasteiger partial charge in [0.2, 0.25) is 0 Å². The number of hydrogen-bond donors (Lipinski definition) is 0. The van der Waals surface area contributed by atoms with Gasteiger partial charge in [-0.1, -0.05) is 62.4 Å². The second kappa shape index (κ2) is 7.15. The number of halogens is 2. The molecule has 2 aromatic rings. The molecule has 0 N–H and O–H groups in total. The first-order valence-electron chi connectivity index (χ1n) is 7.12. The minimum Gasteiger partial charge on any atom is -0.104 e. The summed E-state index contributed by atoms with van der Waals surface area (Å²) in [6, 6.07) is 16.9. The van der Waals surface area contributed by atoms with Crippen LogP contribution in [0, 0.1) is 0 Å². The van der Waals surface area contributed by atoms with Gasteiger partial charge in [0.25, 0.3) is 0 Å². The number of alkyl halides is 2. The van der Waals surface area contributed by atoms with Gasteiger partial charge in [-0.15, -0.1) is 23.2 Å². The van der Waals surface area contributed by atoms with E-state index in [0.29, 0.717) is 0 Å². The first-order valence-corrected chi connectivity index (χ1v) is 8.00. The molecule has 0 aliphatic carbocycles. The minimum atomic E-state index is -0.449. The van der Waals surface area contributed by atoms with Crippen LogP contribution in [0.5, 0.6) is 0 Å². The van der Waals surface area contributed by atoms with Crippen LogP contribution in [0.3, 0.4) is 0 Å². The minimum absolute atomic E-state index is 0.0330. The third-order valence-electron chi connectivity index (χ3n) is 3.79. The summed E-state index contributed by atoms with van der Waals surface area (Å²) in [7, 11) is 0. The summed E-state index contributed by atoms with van der Waals surface area (Å²) < 4.78 is 0. The summed E-state index contributed by atoms with van der Waals surface area (Å²) in [4.78, 5) is -0.449. The Balaban J connectivity index is 2.57. The SMILES string of the molecule is CCc1ccccc1C(c1ccccc1CC)C(Cl)Cl. The van der Waals surface area contributed by atoms with Gasteiger partial charge in [0.1, 0.15) is 4.84 Å². The molecule has 0 aliphatic heterocycles. The fourth-order valence-corrected chi connectivity index (χ4v) is 3.30. The molecule has 0 radical (unpaired) electrons. The van der Waals surface area contributed by atoms with E-state index in [9.17, 15) is 0 Å². The van der Waals surface area contributed by atoms with Gasteiger partial charge >= 0.3 is 0 Å². The van der Waals surface area contributed by atoms with Crippen LogP contribution in [0.25, 0.3) is 0 Å². The van der Waals surface area contributed by atoms with Gasteiger partial charge in [0.05, 0.1) is 0 Å². The van der Waals surface area contributed by atoms with E-state index in [0.717, 1.165) is 12.8 Å². The van der Waals surface area contributed by atoms with Crippen molar-refractivity contribution < 1.29 is 0 Å². The molecule has 0 unspecified atom stereocenters. The highest BCUT2D eigenvalue weighted by molar-refractivity contribution is 6.45. The maximum absolute atomic E-state index is 6.34. The Morgan fingerprint density at radius 1 is 0.750 bits per heavy atom. The molecule has 0 fully saturated rings. The first-order chi connectivity index (χ1) is 9.69.